The lowest BCUT2D eigenvalue weighted by Gasteiger charge is -2.32. The summed E-state index contributed by atoms with van der Waals surface area (Å²) >= 11 is 0. The van der Waals surface area contributed by atoms with Crippen molar-refractivity contribution in [3.8, 4) is 5.88 Å². The summed E-state index contributed by atoms with van der Waals surface area (Å²) in [7, 11) is 3.38. The Morgan fingerprint density at radius 1 is 0.974 bits per heavy atom. The number of methoxy groups -OCH3 is 1. The molecule has 1 aliphatic heterocycles. The average Bonchev–Trinajstić information content (AvgIpc) is 3.27. The highest BCUT2D eigenvalue weighted by atomic mass is 19.1. The number of carbonyl (C=O) groups excluding carboxylic acids is 2. The molecule has 0 unspecified atom stereocenters. The van der Waals surface area contributed by atoms with Crippen LogP contribution in [0.5, 0.6) is 5.88 Å². The molecule has 0 atom stereocenters. The zero-order chi connectivity index (χ0) is 27.5. The smallest absolute Gasteiger partial charge is 0.309 e. The summed E-state index contributed by atoms with van der Waals surface area (Å²) in [4.78, 5) is 36.4. The van der Waals surface area contributed by atoms with Crippen molar-refractivity contribution < 1.29 is 23.8 Å². The van der Waals surface area contributed by atoms with Crippen LogP contribution in [0.25, 0.3) is 10.9 Å². The number of ether oxygens (including phenoxy) is 1. The summed E-state index contributed by atoms with van der Waals surface area (Å²) < 4.78 is 18.6. The minimum absolute atomic E-state index is 0.0173. The summed E-state index contributed by atoms with van der Waals surface area (Å²) in [5.41, 5.74) is 3.91. The molecule has 1 amide bonds. The summed E-state index contributed by atoms with van der Waals surface area (Å²) in [5, 5.41) is 11.5. The molecule has 200 valence electrons. The number of aromatic amines is 1. The Bertz CT molecular complexity index is 1540. The first kappa shape index (κ1) is 26.1. The van der Waals surface area contributed by atoms with Gasteiger partial charge in [0.2, 0.25) is 0 Å². The highest BCUT2D eigenvalue weighted by molar-refractivity contribution is 6.21. The number of aromatic nitrogens is 1. The highest BCUT2D eigenvalue weighted by Crippen LogP contribution is 2.32. The van der Waals surface area contributed by atoms with Crippen LogP contribution in [0.4, 0.5) is 10.1 Å². The second-order valence-electron chi connectivity index (χ2n) is 9.59. The summed E-state index contributed by atoms with van der Waals surface area (Å²) in [6, 6.07) is 18.5. The van der Waals surface area contributed by atoms with E-state index < -0.39 is 5.82 Å². The zero-order valence-electron chi connectivity index (χ0n) is 21.8. The number of H-pyrrole nitrogens is 1. The van der Waals surface area contributed by atoms with Gasteiger partial charge >= 0.3 is 5.97 Å². The summed E-state index contributed by atoms with van der Waals surface area (Å²) in [5.74, 6) is -0.938. The van der Waals surface area contributed by atoms with Crippen molar-refractivity contribution >= 4 is 34.2 Å². The third-order valence-corrected chi connectivity index (χ3v) is 6.93. The number of nitrogens with one attached hydrogen (secondary N) is 1. The fourth-order valence-electron chi connectivity index (χ4n) is 4.68. The van der Waals surface area contributed by atoms with Crippen molar-refractivity contribution in [2.75, 3.05) is 40.3 Å². The molecule has 0 spiro atoms. The third kappa shape index (κ3) is 5.68. The first-order chi connectivity index (χ1) is 18.8. The van der Waals surface area contributed by atoms with Gasteiger partial charge in [-0.05, 0) is 55.1 Å². The number of likely N-dealkylation sites (N-methyl/N-ethyl adjacent to an activating group) is 1. The number of hydrogen-bond donors (Lipinski definition) is 2. The standard InChI is InChI=1S/C30H29FN4O4/c1-34-13-15-35(16-14-34)30(38)21-7-10-23(11-8-21)32-28(20-5-3-19(4-6-20)17-26(36)39-2)27-24-12-9-22(31)18-25(24)33-29(27)37/h3-12,18,33,37H,13-17H2,1-2H3. The molecular formula is C30H29FN4O4. The second kappa shape index (κ2) is 11.1. The van der Waals surface area contributed by atoms with Gasteiger partial charge in [-0.3, -0.25) is 9.59 Å². The Morgan fingerprint density at radius 2 is 1.64 bits per heavy atom. The van der Waals surface area contributed by atoms with Crippen LogP contribution in [-0.4, -0.2) is 77.8 Å². The molecule has 0 bridgehead atoms. The van der Waals surface area contributed by atoms with E-state index in [1.54, 1.807) is 42.5 Å². The molecule has 8 nitrogen and oxygen atoms in total. The molecule has 3 aromatic carbocycles. The molecule has 9 heteroatoms. The van der Waals surface area contributed by atoms with E-state index in [0.29, 0.717) is 52.1 Å². The quantitative estimate of drug-likeness (QED) is 0.288. The average molecular weight is 529 g/mol. The van der Waals surface area contributed by atoms with Gasteiger partial charge in [-0.15, -0.1) is 0 Å². The Balaban J connectivity index is 1.52. The van der Waals surface area contributed by atoms with Crippen LogP contribution in [-0.2, 0) is 16.0 Å². The minimum Gasteiger partial charge on any atom is -0.494 e. The van der Waals surface area contributed by atoms with Crippen molar-refractivity contribution in [3.63, 3.8) is 0 Å². The molecule has 1 fully saturated rings. The number of halogens is 1. The lowest BCUT2D eigenvalue weighted by atomic mass is 9.99. The Morgan fingerprint density at radius 3 is 2.31 bits per heavy atom. The zero-order valence-corrected chi connectivity index (χ0v) is 21.8. The van der Waals surface area contributed by atoms with Gasteiger partial charge < -0.3 is 24.6 Å². The molecule has 0 aliphatic carbocycles. The van der Waals surface area contributed by atoms with E-state index in [0.717, 1.165) is 18.7 Å². The summed E-state index contributed by atoms with van der Waals surface area (Å²) in [6.45, 7) is 3.05. The van der Waals surface area contributed by atoms with Crippen molar-refractivity contribution in [2.24, 2.45) is 4.99 Å². The number of carbonyl (C=O) groups is 2. The predicted octanol–water partition coefficient (Wildman–Crippen LogP) is 4.28. The van der Waals surface area contributed by atoms with E-state index in [1.807, 2.05) is 24.1 Å². The molecule has 1 aromatic heterocycles. The molecule has 0 radical (unpaired) electrons. The van der Waals surface area contributed by atoms with Gasteiger partial charge in [-0.1, -0.05) is 24.3 Å². The predicted molar refractivity (Wildman–Crippen MR) is 147 cm³/mol. The maximum Gasteiger partial charge on any atom is 0.309 e. The van der Waals surface area contributed by atoms with E-state index >= 15 is 0 Å². The topological polar surface area (TPSA) is 98.2 Å². The van der Waals surface area contributed by atoms with Crippen molar-refractivity contribution in [1.29, 1.82) is 0 Å². The maximum absolute atomic E-state index is 13.9. The number of hydrogen-bond acceptors (Lipinski definition) is 6. The fourth-order valence-corrected chi connectivity index (χ4v) is 4.68. The summed E-state index contributed by atoms with van der Waals surface area (Å²) in [6.07, 6.45) is 0.129. The van der Waals surface area contributed by atoms with Gasteiger partial charge in [-0.2, -0.15) is 0 Å². The Labute approximate surface area is 225 Å². The van der Waals surface area contributed by atoms with Gasteiger partial charge in [-0.25, -0.2) is 9.38 Å². The number of rotatable bonds is 6. The number of fused-ring (bicyclic) bond motifs is 1. The third-order valence-electron chi connectivity index (χ3n) is 6.93. The SMILES string of the molecule is COC(=O)Cc1ccc(C(=Nc2ccc(C(=O)N3CCN(C)CC3)cc2)c2c(O)[nH]c3cc(F)ccc23)cc1. The first-order valence-electron chi connectivity index (χ1n) is 12.7. The monoisotopic (exact) mass is 528 g/mol. The van der Waals surface area contributed by atoms with Crippen LogP contribution in [0.15, 0.2) is 71.7 Å². The lowest BCUT2D eigenvalue weighted by Crippen LogP contribution is -2.47. The van der Waals surface area contributed by atoms with Gasteiger partial charge in [0, 0.05) is 42.7 Å². The van der Waals surface area contributed by atoms with E-state index in [9.17, 15) is 19.1 Å². The lowest BCUT2D eigenvalue weighted by molar-refractivity contribution is -0.139. The number of esters is 1. The maximum atomic E-state index is 13.9. The molecule has 2 N–H and O–H groups in total. The molecule has 1 saturated heterocycles. The van der Waals surface area contributed by atoms with Gasteiger partial charge in [0.25, 0.3) is 5.91 Å². The normalized spacial score (nSPS) is 14.5. The van der Waals surface area contributed by atoms with Gasteiger partial charge in [0.15, 0.2) is 5.88 Å². The number of aliphatic imine (C=N–C) groups is 1. The Hall–Kier alpha value is -4.50. The van der Waals surface area contributed by atoms with Crippen LogP contribution in [0.3, 0.4) is 0 Å². The minimum atomic E-state index is -0.429. The molecule has 4 aromatic rings. The molecule has 1 aliphatic rings. The second-order valence-corrected chi connectivity index (χ2v) is 9.59. The first-order valence-corrected chi connectivity index (χ1v) is 12.7. The van der Waals surface area contributed by atoms with Crippen molar-refractivity contribution in [1.82, 2.24) is 14.8 Å². The molecular weight excluding hydrogens is 499 g/mol. The van der Waals surface area contributed by atoms with Gasteiger partial charge in [0.1, 0.15) is 5.82 Å². The van der Waals surface area contributed by atoms with Crippen LogP contribution in [0, 0.1) is 5.82 Å². The van der Waals surface area contributed by atoms with Crippen LogP contribution in [0.2, 0.25) is 0 Å². The highest BCUT2D eigenvalue weighted by Gasteiger charge is 2.21. The van der Waals surface area contributed by atoms with Crippen LogP contribution in [0.1, 0.15) is 27.0 Å². The van der Waals surface area contributed by atoms with E-state index in [4.69, 9.17) is 9.73 Å². The van der Waals surface area contributed by atoms with E-state index in [2.05, 4.69) is 9.88 Å². The fraction of sp³-hybridized carbons (Fsp3) is 0.233. The molecule has 0 saturated carbocycles. The van der Waals surface area contributed by atoms with E-state index in [1.165, 1.54) is 19.2 Å². The van der Waals surface area contributed by atoms with Crippen LogP contribution >= 0.6 is 0 Å². The van der Waals surface area contributed by atoms with Crippen LogP contribution < -0.4 is 0 Å². The molecule has 5 rings (SSSR count). The number of benzene rings is 3. The van der Waals surface area contributed by atoms with E-state index in [-0.39, 0.29) is 24.2 Å². The number of amides is 1. The van der Waals surface area contributed by atoms with Crippen molar-refractivity contribution in [2.45, 2.75) is 6.42 Å². The molecule has 39 heavy (non-hydrogen) atoms. The number of piperazine rings is 1. The van der Waals surface area contributed by atoms with Gasteiger partial charge in [0.05, 0.1) is 36.0 Å². The molecule has 2 heterocycles. The van der Waals surface area contributed by atoms with Crippen molar-refractivity contribution in [3.05, 3.63) is 94.8 Å². The number of aromatic hydroxyl groups is 1. The number of nitrogens with zero attached hydrogens (tertiary/aromatic N) is 3. The Kier molecular flexibility index (Phi) is 7.42. The largest absolute Gasteiger partial charge is 0.494 e.